The molecule has 1 aliphatic rings. The number of hydrogen-bond donors (Lipinski definition) is 2. The van der Waals surface area contributed by atoms with Crippen molar-refractivity contribution < 1.29 is 53.1 Å². The normalized spacial score (nSPS) is 13.5. The van der Waals surface area contributed by atoms with E-state index in [0.29, 0.717) is 57.0 Å². The topological polar surface area (TPSA) is 155 Å². The molecule has 1 aliphatic heterocycles. The summed E-state index contributed by atoms with van der Waals surface area (Å²) in [5.74, 6) is 1.50. The predicted octanol–water partition coefficient (Wildman–Crippen LogP) is 16.7. The van der Waals surface area contributed by atoms with Crippen LogP contribution in [0.5, 0.6) is 17.2 Å². The first-order valence-electron chi connectivity index (χ1n) is 31.0. The third-order valence-corrected chi connectivity index (χ3v) is 15.4. The summed E-state index contributed by atoms with van der Waals surface area (Å²) in [5.41, 5.74) is 12.6. The van der Waals surface area contributed by atoms with Gasteiger partial charge in [-0.1, -0.05) is 194 Å². The number of aldehydes is 3. The Morgan fingerprint density at radius 1 is 0.430 bits per heavy atom. The van der Waals surface area contributed by atoms with Gasteiger partial charge in [0.2, 0.25) is 0 Å². The maximum absolute atomic E-state index is 12.5. The van der Waals surface area contributed by atoms with E-state index in [9.17, 15) is 29.4 Å². The van der Waals surface area contributed by atoms with Crippen molar-refractivity contribution in [3.8, 4) is 17.2 Å². The predicted molar refractivity (Wildman–Crippen MR) is 354 cm³/mol. The fourth-order valence-corrected chi connectivity index (χ4v) is 10.3. The summed E-state index contributed by atoms with van der Waals surface area (Å²) in [6.45, 7) is 50.5. The zero-order chi connectivity index (χ0) is 66.2. The van der Waals surface area contributed by atoms with Gasteiger partial charge in [0.15, 0.2) is 0 Å². The summed E-state index contributed by atoms with van der Waals surface area (Å²) < 4.78 is 27.4. The van der Waals surface area contributed by atoms with Gasteiger partial charge in [0.1, 0.15) is 48.3 Å². The van der Waals surface area contributed by atoms with Crippen molar-refractivity contribution in [3.63, 3.8) is 0 Å². The zero-order valence-electron chi connectivity index (χ0n) is 58.5. The lowest BCUT2D eigenvalue weighted by molar-refractivity contribution is -0.153. The minimum Gasteiger partial charge on any atom is -0.507 e. The van der Waals surface area contributed by atoms with E-state index >= 15 is 0 Å². The molecule has 11 heteroatoms. The number of aromatic hydroxyl groups is 2. The van der Waals surface area contributed by atoms with Crippen LogP contribution in [0.25, 0.3) is 0 Å². The SMILES string of the molecule is CC(C)(C)c1cc(CCC=O)cc(C(C)(C)C)c1.CC(C)(C)c1cc(CCC=O)cc(C(C)(C)C)c1O.CC(C)(C)c1cc(CCC=O)cc2c1OC2(C)C.COCC(COC)(COC)COC(=O)CCc1cc(C(C)(C)C)c(O)c(C(C)(C)C)c1. The molecule has 0 bridgehead atoms. The fourth-order valence-electron chi connectivity index (χ4n) is 10.3. The van der Waals surface area contributed by atoms with Crippen LogP contribution in [0.4, 0.5) is 0 Å². The van der Waals surface area contributed by atoms with E-state index in [1.807, 2.05) is 24.3 Å². The number of hydrogen-bond acceptors (Lipinski definition) is 11. The lowest BCUT2D eigenvalue weighted by Gasteiger charge is -2.42. The Kier molecular flexibility index (Phi) is 27.8. The van der Waals surface area contributed by atoms with Gasteiger partial charge in [-0.3, -0.25) is 4.79 Å². The van der Waals surface area contributed by atoms with Crippen LogP contribution in [0.15, 0.2) is 54.6 Å². The molecule has 4 aromatic rings. The highest BCUT2D eigenvalue weighted by Crippen LogP contribution is 2.50. The van der Waals surface area contributed by atoms with Crippen LogP contribution in [0.2, 0.25) is 0 Å². The lowest BCUT2D eigenvalue weighted by atomic mass is 9.78. The van der Waals surface area contributed by atoms with Crippen molar-refractivity contribution >= 4 is 24.8 Å². The van der Waals surface area contributed by atoms with E-state index in [-0.39, 0.29) is 62.5 Å². The maximum atomic E-state index is 12.5. The number of esters is 1. The average Bonchev–Trinajstić information content (AvgIpc) is 1.47. The second-order valence-electron chi connectivity index (χ2n) is 31.5. The fraction of sp³-hybridized carbons (Fsp3) is 0.627. The number of benzene rings is 4. The van der Waals surface area contributed by atoms with Crippen molar-refractivity contribution in [1.29, 1.82) is 0 Å². The molecule has 11 nitrogen and oxygen atoms in total. The molecule has 0 fully saturated rings. The minimum absolute atomic E-state index is 0.0672. The van der Waals surface area contributed by atoms with Crippen molar-refractivity contribution in [3.05, 3.63) is 121 Å². The molecule has 0 saturated carbocycles. The third-order valence-electron chi connectivity index (χ3n) is 15.4. The monoisotopic (exact) mass is 1190 g/mol. The molecule has 0 atom stereocenters. The number of carbonyl (C=O) groups excluding carboxylic acids is 4. The Bertz CT molecular complexity index is 2710. The molecule has 0 aromatic heterocycles. The van der Waals surface area contributed by atoms with Gasteiger partial charge in [0.25, 0.3) is 0 Å². The average molecular weight is 1190 g/mol. The minimum atomic E-state index is -0.536. The molecule has 86 heavy (non-hydrogen) atoms. The number of phenolic OH excluding ortho intramolecular Hbond substituents is 2. The Morgan fingerprint density at radius 2 is 0.733 bits per heavy atom. The molecule has 0 saturated heterocycles. The third kappa shape index (κ3) is 23.3. The molecule has 0 unspecified atom stereocenters. The number of methoxy groups -OCH3 is 3. The number of carbonyl (C=O) groups is 4. The van der Waals surface area contributed by atoms with E-state index in [2.05, 4.69) is 190 Å². The first-order valence-corrected chi connectivity index (χ1v) is 31.0. The summed E-state index contributed by atoms with van der Waals surface area (Å²) in [6.07, 6.45) is 7.83. The first kappa shape index (κ1) is 76.7. The van der Waals surface area contributed by atoms with Crippen molar-refractivity contribution in [1.82, 2.24) is 0 Å². The van der Waals surface area contributed by atoms with E-state index < -0.39 is 5.41 Å². The van der Waals surface area contributed by atoms with E-state index in [4.69, 9.17) is 23.7 Å². The van der Waals surface area contributed by atoms with Gasteiger partial charge >= 0.3 is 5.97 Å². The van der Waals surface area contributed by atoms with Gasteiger partial charge in [-0.05, 0) is 139 Å². The highest BCUT2D eigenvalue weighted by atomic mass is 16.5. The second kappa shape index (κ2) is 31.2. The number of fused-ring (bicyclic) bond motifs is 1. The van der Waals surface area contributed by atoms with Gasteiger partial charge in [0.05, 0.1) is 25.2 Å². The summed E-state index contributed by atoms with van der Waals surface area (Å²) in [7, 11) is 4.81. The number of aryl methyl sites for hydroxylation is 4. The quantitative estimate of drug-likeness (QED) is 0.0642. The van der Waals surface area contributed by atoms with Gasteiger partial charge in [-0.25, -0.2) is 0 Å². The summed E-state index contributed by atoms with van der Waals surface area (Å²) in [4.78, 5) is 44.1. The molecule has 2 N–H and O–H groups in total. The molecular formula is C75H116O11. The van der Waals surface area contributed by atoms with Crippen molar-refractivity contribution in [2.75, 3.05) is 47.8 Å². The zero-order valence-corrected chi connectivity index (χ0v) is 58.5. The Hall–Kier alpha value is -5.36. The van der Waals surface area contributed by atoms with Crippen LogP contribution >= 0.6 is 0 Å². The number of phenols is 2. The largest absolute Gasteiger partial charge is 0.507 e. The molecule has 482 valence electrons. The molecule has 0 aliphatic carbocycles. The Labute approximate surface area is 521 Å². The summed E-state index contributed by atoms with van der Waals surface area (Å²) in [5, 5.41) is 21.4. The second-order valence-corrected chi connectivity index (χ2v) is 31.5. The van der Waals surface area contributed by atoms with Gasteiger partial charge in [-0.15, -0.1) is 0 Å². The maximum Gasteiger partial charge on any atom is 0.306 e. The molecule has 0 spiro atoms. The van der Waals surface area contributed by atoms with Crippen LogP contribution in [0, 0.1) is 5.41 Å². The summed E-state index contributed by atoms with van der Waals surface area (Å²) in [6, 6.07) is 19.3. The first-order chi connectivity index (χ1) is 39.3. The standard InChI is InChI=1S/C25H42O6.C17H26O2.C17H26O.C16H22O2/c1-23(2,3)19-12-18(13-20(22(19)27)24(4,5)6)10-11-21(26)31-17-25(14-28-7,15-29-8)16-30-9;1-16(2,3)13-10-12(8-7-9-18)11-14(15(13)19)17(4,5)6;1-16(2,3)14-10-13(8-7-9-18)11-15(12-14)17(4,5)6;1-15(2,3)12-9-11(7-6-8-17)10-13-14(12)18-16(13,4)5/h12-13,27H,10-11,14-17H2,1-9H3;9-11,19H,7-8H2,1-6H3;9-12H,7-8H2,1-6H3;8-10H,6-7H2,1-5H3. The van der Waals surface area contributed by atoms with Crippen LogP contribution in [0.1, 0.15) is 252 Å². The van der Waals surface area contributed by atoms with E-state index in [0.717, 1.165) is 77.3 Å². The van der Waals surface area contributed by atoms with Crippen LogP contribution in [-0.4, -0.2) is 82.8 Å². The van der Waals surface area contributed by atoms with E-state index in [1.54, 1.807) is 21.3 Å². The van der Waals surface area contributed by atoms with Crippen molar-refractivity contribution in [2.45, 2.75) is 254 Å². The van der Waals surface area contributed by atoms with Gasteiger partial charge in [-0.2, -0.15) is 0 Å². The number of ether oxygens (including phenoxy) is 5. The molecule has 0 radical (unpaired) electrons. The smallest absolute Gasteiger partial charge is 0.306 e. The van der Waals surface area contributed by atoms with Gasteiger partial charge < -0.3 is 48.3 Å². The van der Waals surface area contributed by atoms with Crippen LogP contribution in [0.3, 0.4) is 0 Å². The highest BCUT2D eigenvalue weighted by molar-refractivity contribution is 5.70. The van der Waals surface area contributed by atoms with Gasteiger partial charge in [0, 0.05) is 58.1 Å². The van der Waals surface area contributed by atoms with Crippen molar-refractivity contribution in [2.24, 2.45) is 5.41 Å². The molecule has 5 rings (SSSR count). The molecule has 1 heterocycles. The van der Waals surface area contributed by atoms with E-state index in [1.165, 1.54) is 33.4 Å². The molecular weight excluding hydrogens is 1080 g/mol. The Balaban J connectivity index is 0.000000403. The summed E-state index contributed by atoms with van der Waals surface area (Å²) >= 11 is 0. The van der Waals surface area contributed by atoms with Crippen LogP contribution in [-0.2, 0) is 107 Å². The van der Waals surface area contributed by atoms with Crippen LogP contribution < -0.4 is 4.74 Å². The lowest BCUT2D eigenvalue weighted by Crippen LogP contribution is -2.41. The highest BCUT2D eigenvalue weighted by Gasteiger charge is 2.41. The Morgan fingerprint density at radius 3 is 1.02 bits per heavy atom. The molecule has 0 amide bonds. The number of rotatable bonds is 20. The molecule has 4 aromatic carbocycles.